The van der Waals surface area contributed by atoms with E-state index < -0.39 is 17.1 Å². The monoisotopic (exact) mass is 319 g/mol. The third-order valence-electron chi connectivity index (χ3n) is 4.81. The molecule has 1 saturated heterocycles. The minimum atomic E-state index is -0.600. The Kier molecular flexibility index (Phi) is 3.22. The van der Waals surface area contributed by atoms with E-state index in [4.69, 9.17) is 5.73 Å². The molecule has 8 heteroatoms. The number of rotatable bonds is 2. The van der Waals surface area contributed by atoms with E-state index in [9.17, 15) is 14.0 Å². The van der Waals surface area contributed by atoms with Crippen molar-refractivity contribution in [3.8, 4) is 0 Å². The van der Waals surface area contributed by atoms with E-state index in [1.54, 1.807) is 4.90 Å². The first kappa shape index (κ1) is 14.4. The number of aromatic nitrogens is 3. The van der Waals surface area contributed by atoms with Crippen LogP contribution in [0.5, 0.6) is 0 Å². The number of pyridine rings is 1. The van der Waals surface area contributed by atoms with E-state index in [0.29, 0.717) is 13.1 Å². The van der Waals surface area contributed by atoms with E-state index in [1.807, 2.05) is 0 Å². The molecule has 4 rings (SSSR count). The van der Waals surface area contributed by atoms with Gasteiger partial charge in [0, 0.05) is 25.2 Å². The number of hydrogen-bond donors (Lipinski definition) is 2. The predicted octanol–water partition coefficient (Wildman–Crippen LogP) is 0.486. The van der Waals surface area contributed by atoms with Gasteiger partial charge in [0.25, 0.3) is 5.56 Å². The smallest absolute Gasteiger partial charge is 0.330 e. The lowest BCUT2D eigenvalue weighted by atomic mass is 9.93. The summed E-state index contributed by atoms with van der Waals surface area (Å²) in [5.74, 6) is -0.389. The number of nitrogens with two attached hydrogens (primary N) is 1. The van der Waals surface area contributed by atoms with Crippen molar-refractivity contribution in [2.45, 2.75) is 37.8 Å². The van der Waals surface area contributed by atoms with Crippen LogP contribution in [0.4, 0.5) is 10.2 Å². The fourth-order valence-electron chi connectivity index (χ4n) is 3.33. The van der Waals surface area contributed by atoms with Gasteiger partial charge in [-0.05, 0) is 31.7 Å². The summed E-state index contributed by atoms with van der Waals surface area (Å²) in [6, 6.07) is 1.18. The van der Waals surface area contributed by atoms with Crippen LogP contribution < -0.4 is 21.9 Å². The van der Waals surface area contributed by atoms with Gasteiger partial charge >= 0.3 is 5.69 Å². The number of nitrogens with zero attached hydrogens (tertiary/aromatic N) is 3. The summed E-state index contributed by atoms with van der Waals surface area (Å²) in [5.41, 5.74) is 5.07. The molecule has 2 fully saturated rings. The van der Waals surface area contributed by atoms with Gasteiger partial charge in [-0.3, -0.25) is 14.3 Å². The lowest BCUT2D eigenvalue weighted by Crippen LogP contribution is -2.36. The van der Waals surface area contributed by atoms with Crippen LogP contribution in [0.2, 0.25) is 0 Å². The van der Waals surface area contributed by atoms with Crippen LogP contribution in [-0.4, -0.2) is 33.7 Å². The Hall–Kier alpha value is -2.22. The molecule has 2 aromatic heterocycles. The maximum atomic E-state index is 14.4. The lowest BCUT2D eigenvalue weighted by molar-refractivity contribution is 0.309. The first-order chi connectivity index (χ1) is 11.0. The van der Waals surface area contributed by atoms with Crippen molar-refractivity contribution in [2.24, 2.45) is 5.73 Å². The number of H-pyrrole nitrogens is 1. The maximum Gasteiger partial charge on any atom is 0.330 e. The van der Waals surface area contributed by atoms with E-state index in [1.165, 1.54) is 10.6 Å². The quantitative estimate of drug-likeness (QED) is 0.839. The molecule has 1 aliphatic carbocycles. The number of nitrogens with one attached hydrogen (secondary N) is 1. The Morgan fingerprint density at radius 2 is 2.09 bits per heavy atom. The molecule has 0 bridgehead atoms. The number of fused-ring (bicyclic) bond motifs is 1. The standard InChI is InChI=1S/C15H18FN5O2/c16-11-6-10-12(18-13(11)20-5-4-8(17)7-20)21(9-2-1-3-9)15(23)19-14(10)22/h6,8-9H,1-5,7,17H2,(H,19,22,23). The fourth-order valence-corrected chi connectivity index (χ4v) is 3.33. The summed E-state index contributed by atoms with van der Waals surface area (Å²) in [5, 5.41) is 0.112. The highest BCUT2D eigenvalue weighted by Gasteiger charge is 2.27. The third-order valence-corrected chi connectivity index (χ3v) is 4.81. The molecule has 0 aromatic carbocycles. The average Bonchev–Trinajstić information content (AvgIpc) is 2.87. The Bertz CT molecular complexity index is 886. The SMILES string of the molecule is NC1CCN(c2nc3c(cc2F)c(=O)[nH]c(=O)n3C2CCC2)C1. The van der Waals surface area contributed by atoms with Gasteiger partial charge in [0.2, 0.25) is 0 Å². The lowest BCUT2D eigenvalue weighted by Gasteiger charge is -2.28. The van der Waals surface area contributed by atoms with Gasteiger partial charge in [-0.15, -0.1) is 0 Å². The van der Waals surface area contributed by atoms with Crippen LogP contribution in [0.15, 0.2) is 15.7 Å². The highest BCUT2D eigenvalue weighted by Crippen LogP contribution is 2.32. The minimum Gasteiger partial charge on any atom is -0.353 e. The average molecular weight is 319 g/mol. The largest absolute Gasteiger partial charge is 0.353 e. The van der Waals surface area contributed by atoms with Crippen LogP contribution in [0.1, 0.15) is 31.7 Å². The van der Waals surface area contributed by atoms with E-state index >= 15 is 0 Å². The van der Waals surface area contributed by atoms with E-state index in [2.05, 4.69) is 9.97 Å². The predicted molar refractivity (Wildman–Crippen MR) is 84.3 cm³/mol. The summed E-state index contributed by atoms with van der Waals surface area (Å²) in [7, 11) is 0. The minimum absolute atomic E-state index is 0.0140. The van der Waals surface area contributed by atoms with Crippen LogP contribution in [0, 0.1) is 5.82 Å². The molecule has 0 amide bonds. The Morgan fingerprint density at radius 3 is 2.70 bits per heavy atom. The van der Waals surface area contributed by atoms with Crippen molar-refractivity contribution in [1.29, 1.82) is 0 Å². The molecule has 7 nitrogen and oxygen atoms in total. The van der Waals surface area contributed by atoms with Gasteiger partial charge in [0.05, 0.1) is 5.39 Å². The molecule has 2 aliphatic rings. The molecule has 2 aromatic rings. The number of anilines is 1. The zero-order valence-corrected chi connectivity index (χ0v) is 12.6. The van der Waals surface area contributed by atoms with Crippen molar-refractivity contribution >= 4 is 16.9 Å². The highest BCUT2D eigenvalue weighted by molar-refractivity contribution is 5.76. The van der Waals surface area contributed by atoms with Gasteiger partial charge in [-0.1, -0.05) is 0 Å². The number of halogens is 1. The zero-order chi connectivity index (χ0) is 16.1. The van der Waals surface area contributed by atoms with Crippen LogP contribution in [0.25, 0.3) is 11.0 Å². The third kappa shape index (κ3) is 2.24. The van der Waals surface area contributed by atoms with Gasteiger partial charge < -0.3 is 10.6 Å². The fraction of sp³-hybridized carbons (Fsp3) is 0.533. The van der Waals surface area contributed by atoms with Crippen molar-refractivity contribution < 1.29 is 4.39 Å². The van der Waals surface area contributed by atoms with Gasteiger partial charge in [-0.25, -0.2) is 14.2 Å². The second-order valence-electron chi connectivity index (χ2n) is 6.37. The van der Waals surface area contributed by atoms with Crippen molar-refractivity contribution in [1.82, 2.24) is 14.5 Å². The van der Waals surface area contributed by atoms with E-state index in [-0.39, 0.29) is 28.9 Å². The Labute approximate surface area is 130 Å². The molecule has 1 saturated carbocycles. The van der Waals surface area contributed by atoms with Crippen molar-refractivity contribution in [3.05, 3.63) is 32.7 Å². The van der Waals surface area contributed by atoms with Gasteiger partial charge in [-0.2, -0.15) is 0 Å². The van der Waals surface area contributed by atoms with Crippen LogP contribution in [-0.2, 0) is 0 Å². The van der Waals surface area contributed by atoms with Crippen molar-refractivity contribution in [3.63, 3.8) is 0 Å². The molecule has 1 atom stereocenters. The molecular formula is C15H18FN5O2. The second kappa shape index (κ2) is 5.16. The normalized spacial score (nSPS) is 21.8. The summed E-state index contributed by atoms with van der Waals surface area (Å²) >= 11 is 0. The second-order valence-corrected chi connectivity index (χ2v) is 6.37. The topological polar surface area (TPSA) is 97.0 Å². The molecule has 23 heavy (non-hydrogen) atoms. The molecule has 0 radical (unpaired) electrons. The van der Waals surface area contributed by atoms with Crippen LogP contribution in [0.3, 0.4) is 0 Å². The summed E-state index contributed by atoms with van der Waals surface area (Å²) in [4.78, 5) is 32.6. The van der Waals surface area contributed by atoms with E-state index in [0.717, 1.165) is 25.7 Å². The molecule has 122 valence electrons. The van der Waals surface area contributed by atoms with Gasteiger partial charge in [0.15, 0.2) is 17.3 Å². The summed E-state index contributed by atoms with van der Waals surface area (Å²) in [6.07, 6.45) is 3.53. The molecule has 1 aliphatic heterocycles. The molecule has 3 heterocycles. The Balaban J connectivity index is 1.95. The first-order valence-corrected chi connectivity index (χ1v) is 7.90. The molecule has 1 unspecified atom stereocenters. The molecule has 3 N–H and O–H groups in total. The maximum absolute atomic E-state index is 14.4. The number of hydrogen-bond acceptors (Lipinski definition) is 5. The molecular weight excluding hydrogens is 301 g/mol. The van der Waals surface area contributed by atoms with Gasteiger partial charge in [0.1, 0.15) is 0 Å². The Morgan fingerprint density at radius 1 is 1.30 bits per heavy atom. The van der Waals surface area contributed by atoms with Crippen LogP contribution >= 0.6 is 0 Å². The molecule has 0 spiro atoms. The first-order valence-electron chi connectivity index (χ1n) is 7.90. The number of aromatic amines is 1. The highest BCUT2D eigenvalue weighted by atomic mass is 19.1. The summed E-state index contributed by atoms with van der Waals surface area (Å²) < 4.78 is 15.9. The van der Waals surface area contributed by atoms with Crippen molar-refractivity contribution in [2.75, 3.05) is 18.0 Å². The summed E-state index contributed by atoms with van der Waals surface area (Å²) in [6.45, 7) is 1.14. The zero-order valence-electron chi connectivity index (χ0n) is 12.6.